The molecule has 0 unspecified atom stereocenters. The van der Waals surface area contributed by atoms with Gasteiger partial charge in [-0.3, -0.25) is 4.79 Å². The maximum Gasteiger partial charge on any atom is 0.254 e. The molecule has 2 aromatic heterocycles. The minimum absolute atomic E-state index is 0.113. The van der Waals surface area contributed by atoms with Crippen LogP contribution in [0.1, 0.15) is 55.1 Å². The van der Waals surface area contributed by atoms with Crippen LogP contribution in [-0.2, 0) is 6.42 Å². The lowest BCUT2D eigenvalue weighted by Crippen LogP contribution is -2.33. The van der Waals surface area contributed by atoms with Crippen LogP contribution < -0.4 is 16.4 Å². The number of anilines is 1. The standard InChI is InChI=1S/C18H27N5O/c1-3-4-13-9-14-16(22-12-7-5-11(19)6-8-12)15(18(24)20-2)10-21-17(14)23-13/h9-12H,3-8,19H2,1-2H3,(H,20,24)(H2,21,22,23)/t11-,12-. The number of nitrogens with zero attached hydrogens (tertiary/aromatic N) is 1. The van der Waals surface area contributed by atoms with Gasteiger partial charge in [-0.25, -0.2) is 4.98 Å². The Balaban J connectivity index is 1.98. The molecule has 1 fully saturated rings. The number of hydrogen-bond donors (Lipinski definition) is 4. The minimum atomic E-state index is -0.113. The van der Waals surface area contributed by atoms with E-state index in [1.807, 2.05) is 0 Å². The normalized spacial score (nSPS) is 21.0. The van der Waals surface area contributed by atoms with Crippen molar-refractivity contribution in [2.45, 2.75) is 57.5 Å². The summed E-state index contributed by atoms with van der Waals surface area (Å²) in [4.78, 5) is 20.1. The molecular weight excluding hydrogens is 302 g/mol. The average molecular weight is 329 g/mol. The molecule has 2 aromatic rings. The second kappa shape index (κ2) is 7.21. The van der Waals surface area contributed by atoms with Gasteiger partial charge in [0.2, 0.25) is 0 Å². The number of rotatable bonds is 5. The first-order valence-corrected chi connectivity index (χ1v) is 8.87. The molecule has 3 rings (SSSR count). The highest BCUT2D eigenvalue weighted by Gasteiger charge is 2.22. The van der Waals surface area contributed by atoms with Crippen LogP contribution >= 0.6 is 0 Å². The van der Waals surface area contributed by atoms with Crippen LogP contribution in [0, 0.1) is 0 Å². The Labute approximate surface area is 142 Å². The van der Waals surface area contributed by atoms with Crippen molar-refractivity contribution in [3.8, 4) is 0 Å². The number of pyridine rings is 1. The molecular formula is C18H27N5O. The van der Waals surface area contributed by atoms with E-state index in [9.17, 15) is 4.79 Å². The number of H-pyrrole nitrogens is 1. The fourth-order valence-corrected chi connectivity index (χ4v) is 3.46. The molecule has 0 aromatic carbocycles. The fourth-order valence-electron chi connectivity index (χ4n) is 3.46. The molecule has 5 N–H and O–H groups in total. The zero-order valence-corrected chi connectivity index (χ0v) is 14.5. The predicted octanol–water partition coefficient (Wildman–Crippen LogP) is 2.56. The number of aromatic nitrogens is 2. The van der Waals surface area contributed by atoms with E-state index >= 15 is 0 Å². The molecule has 0 bridgehead atoms. The first-order valence-electron chi connectivity index (χ1n) is 8.87. The Morgan fingerprint density at radius 1 is 1.38 bits per heavy atom. The van der Waals surface area contributed by atoms with Crippen LogP contribution in [0.5, 0.6) is 0 Å². The SMILES string of the molecule is CCCc1cc2c(N[C@H]3CC[C@H](N)CC3)c(C(=O)NC)cnc2[nH]1. The topological polar surface area (TPSA) is 95.8 Å². The number of hydrogen-bond acceptors (Lipinski definition) is 4. The van der Waals surface area contributed by atoms with Crippen molar-refractivity contribution in [3.63, 3.8) is 0 Å². The molecule has 0 aliphatic heterocycles. The second-order valence-electron chi connectivity index (χ2n) is 6.69. The largest absolute Gasteiger partial charge is 0.381 e. The summed E-state index contributed by atoms with van der Waals surface area (Å²) in [6.45, 7) is 2.15. The zero-order chi connectivity index (χ0) is 17.1. The number of carbonyl (C=O) groups excluding carboxylic acids is 1. The van der Waals surface area contributed by atoms with Crippen molar-refractivity contribution < 1.29 is 4.79 Å². The quantitative estimate of drug-likeness (QED) is 0.678. The summed E-state index contributed by atoms with van der Waals surface area (Å²) in [5, 5.41) is 7.32. The number of amides is 1. The van der Waals surface area contributed by atoms with Crippen LogP contribution in [0.2, 0.25) is 0 Å². The van der Waals surface area contributed by atoms with Crippen LogP contribution in [0.25, 0.3) is 11.0 Å². The molecule has 130 valence electrons. The van der Waals surface area contributed by atoms with Gasteiger partial charge >= 0.3 is 0 Å². The van der Waals surface area contributed by atoms with Gasteiger partial charge in [0.15, 0.2) is 0 Å². The molecule has 1 aliphatic carbocycles. The highest BCUT2D eigenvalue weighted by molar-refractivity contribution is 6.06. The monoisotopic (exact) mass is 329 g/mol. The van der Waals surface area contributed by atoms with E-state index in [1.54, 1.807) is 13.2 Å². The third-order valence-corrected chi connectivity index (χ3v) is 4.83. The number of fused-ring (bicyclic) bond motifs is 1. The van der Waals surface area contributed by atoms with Crippen LogP contribution in [0.4, 0.5) is 5.69 Å². The molecule has 0 atom stereocenters. The van der Waals surface area contributed by atoms with Gasteiger partial charge in [-0.05, 0) is 38.2 Å². The van der Waals surface area contributed by atoms with Crippen LogP contribution in [0.3, 0.4) is 0 Å². The lowest BCUT2D eigenvalue weighted by Gasteiger charge is -2.28. The predicted molar refractivity (Wildman–Crippen MR) is 97.3 cm³/mol. The van der Waals surface area contributed by atoms with Crippen molar-refractivity contribution >= 4 is 22.6 Å². The fraction of sp³-hybridized carbons (Fsp3) is 0.556. The number of nitrogens with one attached hydrogen (secondary N) is 3. The number of aromatic amines is 1. The van der Waals surface area contributed by atoms with Crippen LogP contribution in [0.15, 0.2) is 12.3 Å². The maximum atomic E-state index is 12.3. The van der Waals surface area contributed by atoms with E-state index in [-0.39, 0.29) is 5.91 Å². The Hall–Kier alpha value is -2.08. The molecule has 0 spiro atoms. The van der Waals surface area contributed by atoms with Gasteiger partial charge in [0.05, 0.1) is 11.3 Å². The average Bonchev–Trinajstić information content (AvgIpc) is 3.00. The van der Waals surface area contributed by atoms with E-state index in [4.69, 9.17) is 5.73 Å². The van der Waals surface area contributed by atoms with Gasteiger partial charge < -0.3 is 21.4 Å². The zero-order valence-electron chi connectivity index (χ0n) is 14.5. The highest BCUT2D eigenvalue weighted by atomic mass is 16.1. The summed E-state index contributed by atoms with van der Waals surface area (Å²) in [5.41, 5.74) is 9.49. The van der Waals surface area contributed by atoms with Crippen molar-refractivity contribution in [2.75, 3.05) is 12.4 Å². The molecule has 24 heavy (non-hydrogen) atoms. The maximum absolute atomic E-state index is 12.3. The number of aryl methyl sites for hydroxylation is 1. The van der Waals surface area contributed by atoms with Crippen molar-refractivity contribution in [1.29, 1.82) is 0 Å². The summed E-state index contributed by atoms with van der Waals surface area (Å²) >= 11 is 0. The van der Waals surface area contributed by atoms with Gasteiger partial charge in [-0.15, -0.1) is 0 Å². The Morgan fingerprint density at radius 3 is 2.79 bits per heavy atom. The lowest BCUT2D eigenvalue weighted by atomic mass is 9.91. The van der Waals surface area contributed by atoms with E-state index in [1.165, 1.54) is 0 Å². The second-order valence-corrected chi connectivity index (χ2v) is 6.69. The highest BCUT2D eigenvalue weighted by Crippen LogP contribution is 2.30. The first kappa shape index (κ1) is 16.8. The van der Waals surface area contributed by atoms with Crippen LogP contribution in [-0.4, -0.2) is 35.0 Å². The Kier molecular flexibility index (Phi) is 5.04. The molecule has 0 saturated heterocycles. The van der Waals surface area contributed by atoms with Gasteiger partial charge in [0.25, 0.3) is 5.91 Å². The minimum Gasteiger partial charge on any atom is -0.381 e. The molecule has 1 saturated carbocycles. The molecule has 1 aliphatic rings. The van der Waals surface area contributed by atoms with E-state index in [0.717, 1.165) is 60.9 Å². The molecule has 6 heteroatoms. The van der Waals surface area contributed by atoms with E-state index in [0.29, 0.717) is 17.6 Å². The third-order valence-electron chi connectivity index (χ3n) is 4.83. The molecule has 1 amide bonds. The van der Waals surface area contributed by atoms with Gasteiger partial charge in [0.1, 0.15) is 5.65 Å². The summed E-state index contributed by atoms with van der Waals surface area (Å²) in [6, 6.07) is 2.78. The van der Waals surface area contributed by atoms with Gasteiger partial charge in [-0.1, -0.05) is 13.3 Å². The summed E-state index contributed by atoms with van der Waals surface area (Å²) in [5.74, 6) is -0.113. The molecule has 6 nitrogen and oxygen atoms in total. The number of carbonyl (C=O) groups is 1. The number of nitrogens with two attached hydrogens (primary N) is 1. The van der Waals surface area contributed by atoms with E-state index in [2.05, 4.69) is 33.6 Å². The Bertz CT molecular complexity index is 716. The summed E-state index contributed by atoms with van der Waals surface area (Å²) in [7, 11) is 1.65. The van der Waals surface area contributed by atoms with Crippen molar-refractivity contribution in [1.82, 2.24) is 15.3 Å². The van der Waals surface area contributed by atoms with Gasteiger partial charge in [-0.2, -0.15) is 0 Å². The first-order chi connectivity index (χ1) is 11.6. The molecule has 0 radical (unpaired) electrons. The van der Waals surface area contributed by atoms with Crippen molar-refractivity contribution in [2.24, 2.45) is 5.73 Å². The summed E-state index contributed by atoms with van der Waals surface area (Å²) in [6.07, 6.45) is 7.81. The molecule has 2 heterocycles. The smallest absolute Gasteiger partial charge is 0.254 e. The van der Waals surface area contributed by atoms with Crippen molar-refractivity contribution in [3.05, 3.63) is 23.5 Å². The summed E-state index contributed by atoms with van der Waals surface area (Å²) < 4.78 is 0. The van der Waals surface area contributed by atoms with Gasteiger partial charge in [0, 0.05) is 36.4 Å². The Morgan fingerprint density at radius 2 is 2.12 bits per heavy atom. The lowest BCUT2D eigenvalue weighted by molar-refractivity contribution is 0.0963. The van der Waals surface area contributed by atoms with E-state index < -0.39 is 0 Å². The third kappa shape index (κ3) is 3.38.